The lowest BCUT2D eigenvalue weighted by Gasteiger charge is -2.29. The second-order valence-corrected chi connectivity index (χ2v) is 7.06. The van der Waals surface area contributed by atoms with Crippen molar-refractivity contribution in [3.05, 3.63) is 105 Å². The summed E-state index contributed by atoms with van der Waals surface area (Å²) >= 11 is 5.18. The number of hydrogen-bond acceptors (Lipinski definition) is 3. The Morgan fingerprint density at radius 3 is 2.39 bits per heavy atom. The Labute approximate surface area is 169 Å². The van der Waals surface area contributed by atoms with Gasteiger partial charge in [-0.2, -0.15) is 0 Å². The summed E-state index contributed by atoms with van der Waals surface area (Å²) in [5, 5.41) is 11.9. The van der Waals surface area contributed by atoms with Crippen LogP contribution < -0.4 is 0 Å². The second kappa shape index (κ2) is 8.05. The SMILES string of the molecule is C#CC1(c2ccc(C(C)=S)cc2)C=CC(C#Cc2ccccc2)=CC1[N+](=O)[O-]. The van der Waals surface area contributed by atoms with E-state index in [4.69, 9.17) is 18.6 Å². The number of nitrogens with zero attached hydrogens (tertiary/aromatic N) is 1. The molecule has 2 aromatic rings. The van der Waals surface area contributed by atoms with E-state index in [0.717, 1.165) is 16.0 Å². The van der Waals surface area contributed by atoms with E-state index in [-0.39, 0.29) is 4.92 Å². The molecule has 1 aliphatic carbocycles. The summed E-state index contributed by atoms with van der Waals surface area (Å²) < 4.78 is 0. The molecule has 2 atom stereocenters. The van der Waals surface area contributed by atoms with E-state index in [0.29, 0.717) is 11.1 Å². The molecule has 4 heteroatoms. The zero-order chi connectivity index (χ0) is 20.1. The molecule has 0 saturated carbocycles. The maximum atomic E-state index is 11.9. The molecule has 0 saturated heterocycles. The van der Waals surface area contributed by atoms with Crippen LogP contribution in [0.15, 0.2) is 78.4 Å². The van der Waals surface area contributed by atoms with Crippen LogP contribution in [0.4, 0.5) is 0 Å². The van der Waals surface area contributed by atoms with Crippen molar-refractivity contribution in [2.75, 3.05) is 0 Å². The first-order valence-corrected chi connectivity index (χ1v) is 9.08. The molecular formula is C24H17NO2S. The molecule has 0 aromatic heterocycles. The van der Waals surface area contributed by atoms with Crippen molar-refractivity contribution in [3.8, 4) is 24.2 Å². The van der Waals surface area contributed by atoms with Gasteiger partial charge in [0.1, 0.15) is 5.41 Å². The third kappa shape index (κ3) is 3.78. The van der Waals surface area contributed by atoms with Gasteiger partial charge in [0.05, 0.1) is 0 Å². The molecule has 0 radical (unpaired) electrons. The van der Waals surface area contributed by atoms with Crippen molar-refractivity contribution >= 4 is 17.1 Å². The highest BCUT2D eigenvalue weighted by molar-refractivity contribution is 7.80. The van der Waals surface area contributed by atoms with Gasteiger partial charge in [0, 0.05) is 27.0 Å². The number of hydrogen-bond donors (Lipinski definition) is 0. The van der Waals surface area contributed by atoms with Crippen molar-refractivity contribution in [1.82, 2.24) is 0 Å². The van der Waals surface area contributed by atoms with Crippen LogP contribution in [-0.2, 0) is 5.41 Å². The number of rotatable bonds is 3. The summed E-state index contributed by atoms with van der Waals surface area (Å²) in [6.45, 7) is 1.84. The minimum atomic E-state index is -1.17. The van der Waals surface area contributed by atoms with E-state index >= 15 is 0 Å². The molecule has 0 heterocycles. The van der Waals surface area contributed by atoms with Crippen LogP contribution in [0.5, 0.6) is 0 Å². The van der Waals surface area contributed by atoms with Crippen molar-refractivity contribution in [1.29, 1.82) is 0 Å². The highest BCUT2D eigenvalue weighted by Crippen LogP contribution is 2.35. The predicted molar refractivity (Wildman–Crippen MR) is 116 cm³/mol. The normalized spacial score (nSPS) is 20.3. The highest BCUT2D eigenvalue weighted by atomic mass is 32.1. The molecule has 136 valence electrons. The summed E-state index contributed by atoms with van der Waals surface area (Å²) in [5.41, 5.74) is 1.82. The summed E-state index contributed by atoms with van der Waals surface area (Å²) in [6, 6.07) is 15.7. The zero-order valence-electron chi connectivity index (χ0n) is 15.3. The summed E-state index contributed by atoms with van der Waals surface area (Å²) in [4.78, 5) is 12.3. The molecule has 1 aliphatic rings. The van der Waals surface area contributed by atoms with Crippen LogP contribution in [0, 0.1) is 34.3 Å². The molecule has 3 rings (SSSR count). The fourth-order valence-electron chi connectivity index (χ4n) is 3.12. The van der Waals surface area contributed by atoms with Crippen molar-refractivity contribution in [2.45, 2.75) is 18.4 Å². The lowest BCUT2D eigenvalue weighted by Crippen LogP contribution is -2.42. The topological polar surface area (TPSA) is 43.1 Å². The van der Waals surface area contributed by atoms with Gasteiger partial charge in [-0.1, -0.05) is 78.5 Å². The molecule has 0 aliphatic heterocycles. The Balaban J connectivity index is 2.00. The van der Waals surface area contributed by atoms with Crippen LogP contribution in [0.1, 0.15) is 23.6 Å². The minimum absolute atomic E-state index is 0.355. The fourth-order valence-corrected chi connectivity index (χ4v) is 3.25. The number of terminal acetylenes is 1. The van der Waals surface area contributed by atoms with Crippen molar-refractivity contribution < 1.29 is 4.92 Å². The van der Waals surface area contributed by atoms with Crippen LogP contribution in [0.2, 0.25) is 0 Å². The first-order valence-electron chi connectivity index (χ1n) is 8.67. The van der Waals surface area contributed by atoms with Crippen LogP contribution in [0.25, 0.3) is 0 Å². The molecule has 2 aromatic carbocycles. The van der Waals surface area contributed by atoms with E-state index in [2.05, 4.69) is 17.8 Å². The van der Waals surface area contributed by atoms with Crippen LogP contribution in [0.3, 0.4) is 0 Å². The molecule has 0 N–H and O–H groups in total. The first kappa shape index (κ1) is 19.3. The molecule has 0 bridgehead atoms. The summed E-state index contributed by atoms with van der Waals surface area (Å²) in [6.07, 6.45) is 10.8. The van der Waals surface area contributed by atoms with Crippen LogP contribution in [-0.4, -0.2) is 15.8 Å². The van der Waals surface area contributed by atoms with E-state index in [1.165, 1.54) is 6.08 Å². The Kier molecular flexibility index (Phi) is 5.54. The minimum Gasteiger partial charge on any atom is -0.264 e. The van der Waals surface area contributed by atoms with Gasteiger partial charge in [-0.3, -0.25) is 10.1 Å². The van der Waals surface area contributed by atoms with Gasteiger partial charge < -0.3 is 0 Å². The lowest BCUT2D eigenvalue weighted by molar-refractivity contribution is -0.516. The quantitative estimate of drug-likeness (QED) is 0.258. The maximum absolute atomic E-state index is 11.9. The van der Waals surface area contributed by atoms with Crippen LogP contribution >= 0.6 is 12.2 Å². The molecule has 3 nitrogen and oxygen atoms in total. The maximum Gasteiger partial charge on any atom is 0.256 e. The standard InChI is InChI=1S/C24H17NO2S/c1-3-24(22-13-11-21(12-14-22)18(2)28)16-15-20(17-23(24)25(26)27)10-9-19-7-5-4-6-8-19/h1,4-8,11-17,23H,2H3. The number of allylic oxidation sites excluding steroid dienone is 2. The van der Waals surface area contributed by atoms with Gasteiger partial charge in [-0.05, 0) is 36.3 Å². The summed E-state index contributed by atoms with van der Waals surface area (Å²) in [7, 11) is 0. The van der Waals surface area contributed by atoms with Crippen molar-refractivity contribution in [2.24, 2.45) is 0 Å². The molecule has 0 fully saturated rings. The van der Waals surface area contributed by atoms with Gasteiger partial charge >= 0.3 is 0 Å². The Hall–Kier alpha value is -3.47. The monoisotopic (exact) mass is 383 g/mol. The number of thiocarbonyl (C=S) groups is 1. The molecule has 0 amide bonds. The van der Waals surface area contributed by atoms with Gasteiger partial charge in [0.2, 0.25) is 0 Å². The average Bonchev–Trinajstić information content (AvgIpc) is 2.73. The van der Waals surface area contributed by atoms with Crippen molar-refractivity contribution in [3.63, 3.8) is 0 Å². The van der Waals surface area contributed by atoms with E-state index in [1.54, 1.807) is 24.3 Å². The molecule has 0 spiro atoms. The number of nitro groups is 1. The Bertz CT molecular complexity index is 1080. The third-order valence-electron chi connectivity index (χ3n) is 4.69. The zero-order valence-corrected chi connectivity index (χ0v) is 16.1. The molecule has 28 heavy (non-hydrogen) atoms. The van der Waals surface area contributed by atoms with Gasteiger partial charge in [0.15, 0.2) is 0 Å². The third-order valence-corrected chi connectivity index (χ3v) is 4.93. The summed E-state index contributed by atoms with van der Waals surface area (Å²) in [5.74, 6) is 8.67. The number of benzene rings is 2. The Morgan fingerprint density at radius 1 is 1.14 bits per heavy atom. The van der Waals surface area contributed by atoms with E-state index < -0.39 is 11.5 Å². The Morgan fingerprint density at radius 2 is 1.82 bits per heavy atom. The largest absolute Gasteiger partial charge is 0.264 e. The lowest BCUT2D eigenvalue weighted by atomic mass is 9.71. The van der Waals surface area contributed by atoms with E-state index in [9.17, 15) is 10.1 Å². The van der Waals surface area contributed by atoms with E-state index in [1.807, 2.05) is 49.4 Å². The van der Waals surface area contributed by atoms with Gasteiger partial charge in [-0.15, -0.1) is 6.42 Å². The van der Waals surface area contributed by atoms with Gasteiger partial charge in [0.25, 0.3) is 6.04 Å². The fraction of sp³-hybridized carbons (Fsp3) is 0.125. The first-order chi connectivity index (χ1) is 13.5. The predicted octanol–water partition coefficient (Wildman–Crippen LogP) is 4.49. The smallest absolute Gasteiger partial charge is 0.256 e. The second-order valence-electron chi connectivity index (χ2n) is 6.45. The average molecular weight is 383 g/mol. The molecular weight excluding hydrogens is 366 g/mol. The highest BCUT2D eigenvalue weighted by Gasteiger charge is 2.45. The van der Waals surface area contributed by atoms with Gasteiger partial charge in [-0.25, -0.2) is 0 Å². The molecule has 2 unspecified atom stereocenters.